The molecule has 30 heavy (non-hydrogen) atoms. The summed E-state index contributed by atoms with van der Waals surface area (Å²) in [7, 11) is 0. The van der Waals surface area contributed by atoms with E-state index in [0.717, 1.165) is 28.6 Å². The quantitative estimate of drug-likeness (QED) is 0.651. The molecule has 1 fully saturated rings. The maximum atomic E-state index is 14.0. The van der Waals surface area contributed by atoms with Gasteiger partial charge in [-0.25, -0.2) is 14.4 Å². The fourth-order valence-electron chi connectivity index (χ4n) is 3.99. The van der Waals surface area contributed by atoms with E-state index in [0.29, 0.717) is 35.3 Å². The maximum absolute atomic E-state index is 14.0. The molecule has 156 valence electrons. The minimum atomic E-state index is -0.532. The van der Waals surface area contributed by atoms with Crippen LogP contribution in [0, 0.1) is 5.82 Å². The molecule has 0 unspecified atom stereocenters. The molecule has 1 amide bonds. The van der Waals surface area contributed by atoms with Crippen LogP contribution in [0.15, 0.2) is 24.5 Å². The number of carbonyl (C=O) groups excluding carboxylic acids is 1. The summed E-state index contributed by atoms with van der Waals surface area (Å²) in [6.45, 7) is 5.17. The summed E-state index contributed by atoms with van der Waals surface area (Å²) in [5.74, 6) is 0.511. The Bertz CT molecular complexity index is 1140. The molecule has 1 aromatic carbocycles. The molecule has 0 spiro atoms. The van der Waals surface area contributed by atoms with E-state index in [2.05, 4.69) is 20.6 Å². The summed E-state index contributed by atoms with van der Waals surface area (Å²) in [4.78, 5) is 22.6. The molecule has 5 rings (SSSR count). The van der Waals surface area contributed by atoms with Crippen LogP contribution in [0.5, 0.6) is 5.75 Å². The number of benzene rings is 1. The summed E-state index contributed by atoms with van der Waals surface area (Å²) in [6.07, 6.45) is 2.95. The summed E-state index contributed by atoms with van der Waals surface area (Å²) in [5.41, 5.74) is 0.957. The second-order valence-electron chi connectivity index (χ2n) is 7.98. The van der Waals surface area contributed by atoms with Crippen LogP contribution >= 0.6 is 11.3 Å². The van der Waals surface area contributed by atoms with Crippen LogP contribution in [0.3, 0.4) is 0 Å². The van der Waals surface area contributed by atoms with Gasteiger partial charge in [-0.1, -0.05) is 0 Å². The standard InChI is InChI=1S/C21H21FN4O3S/c1-21(2)16-15-18(23-10-24-20(15)30-17(16)19(27)26-21)25-13-4-3-11(22)9-14(13)29-12-5-7-28-8-6-12/h3-4,9-10,12H,5-8H2,1-2H3,(H,26,27)(H,23,24,25). The minimum absolute atomic E-state index is 0.0299. The Balaban J connectivity index is 1.55. The number of hydrogen-bond acceptors (Lipinski definition) is 7. The van der Waals surface area contributed by atoms with Crippen LogP contribution in [-0.2, 0) is 10.3 Å². The number of amides is 1. The highest BCUT2D eigenvalue weighted by atomic mass is 32.1. The van der Waals surface area contributed by atoms with Crippen molar-refractivity contribution in [3.63, 3.8) is 0 Å². The van der Waals surface area contributed by atoms with Crippen molar-refractivity contribution in [1.82, 2.24) is 15.3 Å². The highest BCUT2D eigenvalue weighted by Crippen LogP contribution is 2.44. The van der Waals surface area contributed by atoms with Gasteiger partial charge < -0.3 is 20.1 Å². The number of anilines is 2. The molecule has 2 aliphatic rings. The Morgan fingerprint density at radius 3 is 2.90 bits per heavy atom. The lowest BCUT2D eigenvalue weighted by molar-refractivity contribution is 0.0257. The topological polar surface area (TPSA) is 85.4 Å². The molecule has 0 bridgehead atoms. The van der Waals surface area contributed by atoms with Crippen LogP contribution in [-0.4, -0.2) is 35.2 Å². The van der Waals surface area contributed by atoms with Gasteiger partial charge in [-0.05, 0) is 26.0 Å². The normalized spacial score (nSPS) is 18.3. The zero-order chi connectivity index (χ0) is 20.9. The Kier molecular flexibility index (Phi) is 4.59. The monoisotopic (exact) mass is 428 g/mol. The smallest absolute Gasteiger partial charge is 0.262 e. The first-order valence-corrected chi connectivity index (χ1v) is 10.7. The van der Waals surface area contributed by atoms with E-state index >= 15 is 0 Å². The van der Waals surface area contributed by atoms with E-state index in [9.17, 15) is 9.18 Å². The van der Waals surface area contributed by atoms with Crippen LogP contribution in [0.1, 0.15) is 41.9 Å². The molecule has 3 aromatic rings. The van der Waals surface area contributed by atoms with Crippen molar-refractivity contribution in [1.29, 1.82) is 0 Å². The number of aromatic nitrogens is 2. The average molecular weight is 428 g/mol. The third kappa shape index (κ3) is 3.27. The summed E-state index contributed by atoms with van der Waals surface area (Å²) in [5, 5.41) is 7.08. The minimum Gasteiger partial charge on any atom is -0.488 e. The number of ether oxygens (including phenoxy) is 2. The van der Waals surface area contributed by atoms with Crippen molar-refractivity contribution in [2.75, 3.05) is 18.5 Å². The number of nitrogens with zero attached hydrogens (tertiary/aromatic N) is 2. The van der Waals surface area contributed by atoms with Crippen molar-refractivity contribution in [2.24, 2.45) is 0 Å². The highest BCUT2D eigenvalue weighted by Gasteiger charge is 2.40. The molecule has 0 atom stereocenters. The first-order valence-electron chi connectivity index (χ1n) is 9.84. The van der Waals surface area contributed by atoms with E-state index in [1.165, 1.54) is 29.8 Å². The molecule has 9 heteroatoms. The molecule has 7 nitrogen and oxygen atoms in total. The SMILES string of the molecule is CC1(C)NC(=O)c2sc3ncnc(Nc4ccc(F)cc4OC4CCOCC4)c3c21. The van der Waals surface area contributed by atoms with Gasteiger partial charge in [0.25, 0.3) is 5.91 Å². The van der Waals surface area contributed by atoms with Crippen LogP contribution < -0.4 is 15.4 Å². The number of hydrogen-bond donors (Lipinski definition) is 2. The molecular formula is C21H21FN4O3S. The first-order chi connectivity index (χ1) is 14.4. The van der Waals surface area contributed by atoms with Gasteiger partial charge >= 0.3 is 0 Å². The zero-order valence-corrected chi connectivity index (χ0v) is 17.4. The van der Waals surface area contributed by atoms with E-state index in [1.54, 1.807) is 6.07 Å². The second-order valence-corrected chi connectivity index (χ2v) is 8.98. The molecular weight excluding hydrogens is 407 g/mol. The lowest BCUT2D eigenvalue weighted by Crippen LogP contribution is -2.33. The molecule has 2 N–H and O–H groups in total. The van der Waals surface area contributed by atoms with Gasteiger partial charge in [0, 0.05) is 24.5 Å². The fraction of sp³-hybridized carbons (Fsp3) is 0.381. The second kappa shape index (κ2) is 7.17. The molecule has 4 heterocycles. The van der Waals surface area contributed by atoms with E-state index in [1.807, 2.05) is 13.8 Å². The number of thiophene rings is 1. The summed E-state index contributed by atoms with van der Waals surface area (Å²) in [6, 6.07) is 4.40. The number of fused-ring (bicyclic) bond motifs is 3. The fourth-order valence-corrected chi connectivity index (χ4v) is 5.18. The lowest BCUT2D eigenvalue weighted by atomic mass is 9.96. The Morgan fingerprint density at radius 1 is 1.30 bits per heavy atom. The van der Waals surface area contributed by atoms with Crippen molar-refractivity contribution < 1.29 is 18.7 Å². The summed E-state index contributed by atoms with van der Waals surface area (Å²) < 4.78 is 25.4. The number of rotatable bonds is 4. The number of carbonyl (C=O) groups is 1. The Morgan fingerprint density at radius 2 is 2.10 bits per heavy atom. The summed E-state index contributed by atoms with van der Waals surface area (Å²) >= 11 is 1.35. The third-order valence-corrected chi connectivity index (χ3v) is 6.50. The van der Waals surface area contributed by atoms with Crippen LogP contribution in [0.4, 0.5) is 15.9 Å². The van der Waals surface area contributed by atoms with Gasteiger partial charge in [0.1, 0.15) is 39.5 Å². The molecule has 0 aliphatic carbocycles. The molecule has 0 saturated carbocycles. The lowest BCUT2D eigenvalue weighted by Gasteiger charge is -2.25. The predicted octanol–water partition coefficient (Wildman–Crippen LogP) is 4.11. The molecule has 2 aromatic heterocycles. The zero-order valence-electron chi connectivity index (χ0n) is 16.6. The van der Waals surface area contributed by atoms with Gasteiger partial charge in [-0.2, -0.15) is 0 Å². The maximum Gasteiger partial charge on any atom is 0.262 e. The molecule has 1 saturated heterocycles. The first kappa shape index (κ1) is 19.2. The molecule has 0 radical (unpaired) electrons. The average Bonchev–Trinajstić information content (AvgIpc) is 3.21. The number of nitrogens with one attached hydrogen (secondary N) is 2. The predicted molar refractivity (Wildman–Crippen MR) is 112 cm³/mol. The van der Waals surface area contributed by atoms with E-state index in [-0.39, 0.29) is 17.8 Å². The van der Waals surface area contributed by atoms with Gasteiger partial charge in [0.2, 0.25) is 0 Å². The van der Waals surface area contributed by atoms with Crippen molar-refractivity contribution in [3.8, 4) is 5.75 Å². The Hall–Kier alpha value is -2.78. The number of halogens is 1. The van der Waals surface area contributed by atoms with Crippen LogP contribution in [0.25, 0.3) is 10.2 Å². The third-order valence-electron chi connectivity index (χ3n) is 5.40. The van der Waals surface area contributed by atoms with Gasteiger partial charge in [0.15, 0.2) is 0 Å². The van der Waals surface area contributed by atoms with E-state index < -0.39 is 5.54 Å². The largest absolute Gasteiger partial charge is 0.488 e. The van der Waals surface area contributed by atoms with Crippen molar-refractivity contribution in [3.05, 3.63) is 40.8 Å². The Labute approximate surface area is 176 Å². The van der Waals surface area contributed by atoms with E-state index in [4.69, 9.17) is 9.47 Å². The van der Waals surface area contributed by atoms with Gasteiger partial charge in [-0.3, -0.25) is 4.79 Å². The van der Waals surface area contributed by atoms with Crippen LogP contribution in [0.2, 0.25) is 0 Å². The molecule has 2 aliphatic heterocycles. The van der Waals surface area contributed by atoms with Crippen molar-refractivity contribution >= 4 is 39.0 Å². The van der Waals surface area contributed by atoms with Gasteiger partial charge in [0.05, 0.1) is 29.8 Å². The highest BCUT2D eigenvalue weighted by molar-refractivity contribution is 7.20. The van der Waals surface area contributed by atoms with Gasteiger partial charge in [-0.15, -0.1) is 11.3 Å². The van der Waals surface area contributed by atoms with Crippen molar-refractivity contribution in [2.45, 2.75) is 38.3 Å².